The minimum absolute atomic E-state index is 0.109. The van der Waals surface area contributed by atoms with Gasteiger partial charge in [0.05, 0.1) is 11.4 Å². The Kier molecular flexibility index (Phi) is 6.43. The van der Waals surface area contributed by atoms with Crippen LogP contribution >= 0.6 is 0 Å². The predicted molar refractivity (Wildman–Crippen MR) is 106 cm³/mol. The number of aromatic nitrogens is 2. The standard InChI is InChI=1S/C19H28N4O3S/c1-7-23-15(4)17(14(3)21-23)10-11-22(6)27(25,26)19-12-13(2)8-9-18(19)20-16(5)24/h8-9,12H,7,10-11H2,1-6H3,(H,20,24). The number of benzene rings is 1. The van der Waals surface area contributed by atoms with E-state index in [1.54, 1.807) is 25.2 Å². The minimum Gasteiger partial charge on any atom is -0.325 e. The lowest BCUT2D eigenvalue weighted by Gasteiger charge is -2.20. The molecule has 0 saturated heterocycles. The Morgan fingerprint density at radius 3 is 2.48 bits per heavy atom. The molecule has 0 spiro atoms. The summed E-state index contributed by atoms with van der Waals surface area (Å²) >= 11 is 0. The fourth-order valence-corrected chi connectivity index (χ4v) is 4.50. The highest BCUT2D eigenvalue weighted by Crippen LogP contribution is 2.26. The second kappa shape index (κ2) is 8.22. The van der Waals surface area contributed by atoms with Crippen molar-refractivity contribution in [3.8, 4) is 0 Å². The third kappa shape index (κ3) is 4.56. The summed E-state index contributed by atoms with van der Waals surface area (Å²) in [5, 5.41) is 7.09. The molecular weight excluding hydrogens is 364 g/mol. The predicted octanol–water partition coefficient (Wildman–Crippen LogP) is 2.65. The molecular formula is C19H28N4O3S. The van der Waals surface area contributed by atoms with E-state index in [-0.39, 0.29) is 10.8 Å². The highest BCUT2D eigenvalue weighted by Gasteiger charge is 2.25. The SMILES string of the molecule is CCn1nc(C)c(CCN(C)S(=O)(=O)c2cc(C)ccc2NC(C)=O)c1C. The Balaban J connectivity index is 2.28. The summed E-state index contributed by atoms with van der Waals surface area (Å²) in [6.45, 7) is 10.3. The Bertz CT molecular complexity index is 948. The highest BCUT2D eigenvalue weighted by atomic mass is 32.2. The average Bonchev–Trinajstić information content (AvgIpc) is 2.87. The van der Waals surface area contributed by atoms with Gasteiger partial charge in [-0.15, -0.1) is 0 Å². The van der Waals surface area contributed by atoms with Crippen LogP contribution in [-0.4, -0.2) is 42.0 Å². The summed E-state index contributed by atoms with van der Waals surface area (Å²) < 4.78 is 29.4. The first-order valence-corrected chi connectivity index (χ1v) is 10.4. The van der Waals surface area contributed by atoms with Crippen molar-refractivity contribution in [2.24, 2.45) is 0 Å². The molecule has 1 aromatic heterocycles. The van der Waals surface area contributed by atoms with E-state index in [2.05, 4.69) is 10.4 Å². The molecule has 0 radical (unpaired) electrons. The van der Waals surface area contributed by atoms with E-state index in [0.717, 1.165) is 29.1 Å². The highest BCUT2D eigenvalue weighted by molar-refractivity contribution is 7.89. The average molecular weight is 393 g/mol. The van der Waals surface area contributed by atoms with Crippen LogP contribution in [0.1, 0.15) is 36.4 Å². The number of aryl methyl sites for hydroxylation is 3. The van der Waals surface area contributed by atoms with E-state index in [4.69, 9.17) is 0 Å². The molecule has 0 aliphatic carbocycles. The number of hydrogen-bond donors (Lipinski definition) is 1. The summed E-state index contributed by atoms with van der Waals surface area (Å²) in [5.41, 5.74) is 4.17. The number of carbonyl (C=O) groups excluding carboxylic acids is 1. The fourth-order valence-electron chi connectivity index (χ4n) is 3.10. The summed E-state index contributed by atoms with van der Waals surface area (Å²) in [7, 11) is -2.18. The third-order valence-electron chi connectivity index (χ3n) is 4.64. The van der Waals surface area contributed by atoms with Crippen LogP contribution in [0, 0.1) is 20.8 Å². The van der Waals surface area contributed by atoms with Gasteiger partial charge in [0, 0.05) is 32.8 Å². The number of rotatable bonds is 7. The molecule has 0 fully saturated rings. The molecule has 0 bridgehead atoms. The molecule has 148 valence electrons. The van der Waals surface area contributed by atoms with Crippen LogP contribution in [-0.2, 0) is 27.8 Å². The van der Waals surface area contributed by atoms with E-state index in [1.165, 1.54) is 11.2 Å². The number of hydrogen-bond acceptors (Lipinski definition) is 4. The summed E-state index contributed by atoms with van der Waals surface area (Å²) in [4.78, 5) is 11.5. The molecule has 0 atom stereocenters. The monoisotopic (exact) mass is 392 g/mol. The molecule has 2 rings (SSSR count). The topological polar surface area (TPSA) is 84.3 Å². The largest absolute Gasteiger partial charge is 0.325 e. The molecule has 8 heteroatoms. The maximum absolute atomic E-state index is 13.1. The lowest BCUT2D eigenvalue weighted by atomic mass is 10.1. The second-order valence-corrected chi connectivity index (χ2v) is 8.74. The van der Waals surface area contributed by atoms with Crippen LogP contribution < -0.4 is 5.32 Å². The van der Waals surface area contributed by atoms with Gasteiger partial charge in [0.25, 0.3) is 0 Å². The zero-order valence-electron chi connectivity index (χ0n) is 16.8. The van der Waals surface area contributed by atoms with Crippen LogP contribution in [0.3, 0.4) is 0 Å². The quantitative estimate of drug-likeness (QED) is 0.785. The van der Waals surface area contributed by atoms with E-state index < -0.39 is 10.0 Å². The first kappa shape index (κ1) is 21.1. The van der Waals surface area contributed by atoms with Gasteiger partial charge in [0.2, 0.25) is 15.9 Å². The Hall–Kier alpha value is -2.19. The molecule has 1 N–H and O–H groups in total. The second-order valence-electron chi connectivity index (χ2n) is 6.72. The van der Waals surface area contributed by atoms with Crippen LogP contribution in [0.5, 0.6) is 0 Å². The summed E-state index contributed by atoms with van der Waals surface area (Å²) in [6.07, 6.45) is 0.578. The Morgan fingerprint density at radius 1 is 1.26 bits per heavy atom. The van der Waals surface area contributed by atoms with Gasteiger partial charge in [-0.3, -0.25) is 9.48 Å². The first-order valence-electron chi connectivity index (χ1n) is 8.95. The molecule has 27 heavy (non-hydrogen) atoms. The zero-order valence-corrected chi connectivity index (χ0v) is 17.6. The smallest absolute Gasteiger partial charge is 0.244 e. The Morgan fingerprint density at radius 2 is 1.93 bits per heavy atom. The number of nitrogens with one attached hydrogen (secondary N) is 1. The lowest BCUT2D eigenvalue weighted by Crippen LogP contribution is -2.30. The zero-order chi connectivity index (χ0) is 20.4. The number of nitrogens with zero attached hydrogens (tertiary/aromatic N) is 3. The third-order valence-corrected chi connectivity index (χ3v) is 6.54. The molecule has 0 aliphatic heterocycles. The molecule has 1 heterocycles. The van der Waals surface area contributed by atoms with E-state index in [9.17, 15) is 13.2 Å². The van der Waals surface area contributed by atoms with Crippen molar-refractivity contribution in [3.63, 3.8) is 0 Å². The number of likely N-dealkylation sites (N-methyl/N-ethyl adjacent to an activating group) is 1. The van der Waals surface area contributed by atoms with Crippen molar-refractivity contribution in [1.82, 2.24) is 14.1 Å². The van der Waals surface area contributed by atoms with Gasteiger partial charge >= 0.3 is 0 Å². The van der Waals surface area contributed by atoms with Crippen LogP contribution in [0.4, 0.5) is 5.69 Å². The van der Waals surface area contributed by atoms with Crippen molar-refractivity contribution in [2.45, 2.75) is 52.5 Å². The molecule has 0 saturated carbocycles. The van der Waals surface area contributed by atoms with Gasteiger partial charge in [0.15, 0.2) is 0 Å². The summed E-state index contributed by atoms with van der Waals surface area (Å²) in [5.74, 6) is -0.309. The van der Waals surface area contributed by atoms with Gasteiger partial charge < -0.3 is 5.32 Å². The van der Waals surface area contributed by atoms with Crippen molar-refractivity contribution >= 4 is 21.6 Å². The molecule has 7 nitrogen and oxygen atoms in total. The van der Waals surface area contributed by atoms with Gasteiger partial charge in [-0.05, 0) is 57.4 Å². The molecule has 2 aromatic rings. The number of anilines is 1. The number of carbonyl (C=O) groups is 1. The van der Waals surface area contributed by atoms with Crippen molar-refractivity contribution < 1.29 is 13.2 Å². The van der Waals surface area contributed by atoms with Crippen LogP contribution in [0.15, 0.2) is 23.1 Å². The molecule has 0 unspecified atom stereocenters. The lowest BCUT2D eigenvalue weighted by molar-refractivity contribution is -0.114. The Labute approximate surface area is 161 Å². The van der Waals surface area contributed by atoms with Crippen molar-refractivity contribution in [2.75, 3.05) is 18.9 Å². The van der Waals surface area contributed by atoms with Gasteiger partial charge in [0.1, 0.15) is 4.90 Å². The van der Waals surface area contributed by atoms with E-state index in [0.29, 0.717) is 18.7 Å². The normalized spacial score (nSPS) is 11.8. The molecule has 1 aromatic carbocycles. The number of amides is 1. The molecule has 1 amide bonds. The maximum Gasteiger partial charge on any atom is 0.244 e. The van der Waals surface area contributed by atoms with Crippen LogP contribution in [0.2, 0.25) is 0 Å². The van der Waals surface area contributed by atoms with Crippen molar-refractivity contribution in [1.29, 1.82) is 0 Å². The fraction of sp³-hybridized carbons (Fsp3) is 0.474. The van der Waals surface area contributed by atoms with E-state index in [1.807, 2.05) is 32.4 Å². The number of sulfonamides is 1. The maximum atomic E-state index is 13.1. The minimum atomic E-state index is -3.74. The first-order chi connectivity index (χ1) is 12.6. The van der Waals surface area contributed by atoms with Gasteiger partial charge in [-0.25, -0.2) is 12.7 Å². The summed E-state index contributed by atoms with van der Waals surface area (Å²) in [6, 6.07) is 4.98. The van der Waals surface area contributed by atoms with Gasteiger partial charge in [-0.1, -0.05) is 6.07 Å². The van der Waals surface area contributed by atoms with Crippen molar-refractivity contribution in [3.05, 3.63) is 40.7 Å². The molecule has 0 aliphatic rings. The van der Waals surface area contributed by atoms with Crippen LogP contribution in [0.25, 0.3) is 0 Å². The van der Waals surface area contributed by atoms with Gasteiger partial charge in [-0.2, -0.15) is 5.10 Å². The van der Waals surface area contributed by atoms with E-state index >= 15 is 0 Å².